The van der Waals surface area contributed by atoms with Crippen LogP contribution in [0.3, 0.4) is 0 Å². The van der Waals surface area contributed by atoms with E-state index in [4.69, 9.17) is 19.3 Å². The fraction of sp³-hybridized carbons (Fsp3) is 0.500. The van der Waals surface area contributed by atoms with Crippen molar-refractivity contribution in [2.24, 2.45) is 0 Å². The van der Waals surface area contributed by atoms with Gasteiger partial charge in [-0.2, -0.15) is 0 Å². The molecule has 0 fully saturated rings. The van der Waals surface area contributed by atoms with Crippen LogP contribution in [0.1, 0.15) is 31.4 Å². The van der Waals surface area contributed by atoms with Gasteiger partial charge in [0.15, 0.2) is 0 Å². The molecule has 0 saturated heterocycles. The molecule has 128 valence electrons. The van der Waals surface area contributed by atoms with Gasteiger partial charge in [-0.3, -0.25) is 9.59 Å². The van der Waals surface area contributed by atoms with Crippen molar-refractivity contribution >= 4 is 11.9 Å². The summed E-state index contributed by atoms with van der Waals surface area (Å²) < 4.78 is 15.5. The second kappa shape index (κ2) is 8.99. The van der Waals surface area contributed by atoms with Gasteiger partial charge in [-0.25, -0.2) is 0 Å². The van der Waals surface area contributed by atoms with Crippen LogP contribution in [-0.2, 0) is 14.3 Å². The van der Waals surface area contributed by atoms with Crippen LogP contribution in [0.2, 0.25) is 0 Å². The van der Waals surface area contributed by atoms with Crippen LogP contribution in [0.4, 0.5) is 0 Å². The average molecular weight is 325 g/mol. The summed E-state index contributed by atoms with van der Waals surface area (Å²) in [6.45, 7) is 1.81. The number of carboxylic acids is 1. The van der Waals surface area contributed by atoms with Crippen LogP contribution in [-0.4, -0.2) is 44.4 Å². The van der Waals surface area contributed by atoms with Crippen LogP contribution in [0, 0.1) is 0 Å². The lowest BCUT2D eigenvalue weighted by atomic mass is 10.0. The molecule has 7 nitrogen and oxygen atoms in total. The summed E-state index contributed by atoms with van der Waals surface area (Å²) in [5.41, 5.74) is 0.565. The molecule has 2 atom stereocenters. The standard InChI is InChI=1S/C16H23NO6/c1-5-13(22-3)16(20)17-12(9-15(18)19)11-7-6-10(21-2)8-14(11)23-4/h6-8,12-13H,5,9H2,1-4H3,(H,17,20)(H,18,19). The molecule has 0 heterocycles. The van der Waals surface area contributed by atoms with Crippen molar-refractivity contribution in [3.63, 3.8) is 0 Å². The zero-order valence-corrected chi connectivity index (χ0v) is 13.8. The number of methoxy groups -OCH3 is 3. The summed E-state index contributed by atoms with van der Waals surface area (Å²) >= 11 is 0. The molecule has 0 aliphatic rings. The van der Waals surface area contributed by atoms with Gasteiger partial charge in [0.25, 0.3) is 0 Å². The first-order chi connectivity index (χ1) is 11.0. The lowest BCUT2D eigenvalue weighted by Crippen LogP contribution is -2.38. The SMILES string of the molecule is CCC(OC)C(=O)NC(CC(=O)O)c1ccc(OC)cc1OC. The summed E-state index contributed by atoms with van der Waals surface area (Å²) in [6, 6.07) is 4.28. The lowest BCUT2D eigenvalue weighted by molar-refractivity contribution is -0.138. The Morgan fingerprint density at radius 3 is 2.39 bits per heavy atom. The van der Waals surface area contributed by atoms with Gasteiger partial charge in [0.05, 0.1) is 26.7 Å². The topological polar surface area (TPSA) is 94.1 Å². The van der Waals surface area contributed by atoms with E-state index < -0.39 is 18.1 Å². The van der Waals surface area contributed by atoms with Crippen molar-refractivity contribution in [1.82, 2.24) is 5.32 Å². The Morgan fingerprint density at radius 1 is 1.22 bits per heavy atom. The molecule has 0 saturated carbocycles. The van der Waals surface area contributed by atoms with Gasteiger partial charge in [0, 0.05) is 18.7 Å². The predicted molar refractivity (Wildman–Crippen MR) is 83.8 cm³/mol. The Bertz CT molecular complexity index is 541. The summed E-state index contributed by atoms with van der Waals surface area (Å²) in [7, 11) is 4.44. The minimum Gasteiger partial charge on any atom is -0.497 e. The number of rotatable bonds is 9. The molecule has 1 aromatic rings. The van der Waals surface area contributed by atoms with Crippen molar-refractivity contribution in [3.8, 4) is 11.5 Å². The Kier molecular flexibility index (Phi) is 7.34. The second-order valence-corrected chi connectivity index (χ2v) is 4.90. The number of benzene rings is 1. The van der Waals surface area contributed by atoms with E-state index >= 15 is 0 Å². The number of carbonyl (C=O) groups excluding carboxylic acids is 1. The molecular formula is C16H23NO6. The quantitative estimate of drug-likeness (QED) is 0.718. The highest BCUT2D eigenvalue weighted by Gasteiger charge is 2.25. The molecule has 23 heavy (non-hydrogen) atoms. The smallest absolute Gasteiger partial charge is 0.305 e. The van der Waals surface area contributed by atoms with Crippen molar-refractivity contribution in [2.75, 3.05) is 21.3 Å². The van der Waals surface area contributed by atoms with Gasteiger partial charge in [-0.15, -0.1) is 0 Å². The van der Waals surface area contributed by atoms with E-state index in [0.29, 0.717) is 23.5 Å². The van der Waals surface area contributed by atoms with Crippen molar-refractivity contribution < 1.29 is 28.9 Å². The normalized spacial score (nSPS) is 13.0. The van der Waals surface area contributed by atoms with Gasteiger partial charge in [-0.1, -0.05) is 6.92 Å². The molecule has 0 spiro atoms. The van der Waals surface area contributed by atoms with E-state index in [1.165, 1.54) is 21.3 Å². The van der Waals surface area contributed by atoms with Crippen molar-refractivity contribution in [1.29, 1.82) is 0 Å². The minimum absolute atomic E-state index is 0.269. The first-order valence-electron chi connectivity index (χ1n) is 7.23. The molecule has 2 N–H and O–H groups in total. The van der Waals surface area contributed by atoms with Crippen LogP contribution in [0.15, 0.2) is 18.2 Å². The summed E-state index contributed by atoms with van der Waals surface area (Å²) in [6.07, 6.45) is -0.410. The van der Waals surface area contributed by atoms with Gasteiger partial charge in [0.1, 0.15) is 17.6 Å². The molecule has 0 bridgehead atoms. The first-order valence-corrected chi connectivity index (χ1v) is 7.23. The van der Waals surface area contributed by atoms with Crippen molar-refractivity contribution in [2.45, 2.75) is 31.9 Å². The van der Waals surface area contributed by atoms with E-state index in [1.807, 2.05) is 6.92 Å². The molecule has 1 rings (SSSR count). The predicted octanol–water partition coefficient (Wildman–Crippen LogP) is 1.76. The maximum atomic E-state index is 12.2. The van der Waals surface area contributed by atoms with Gasteiger partial charge in [-0.05, 0) is 18.6 Å². The maximum Gasteiger partial charge on any atom is 0.305 e. The third-order valence-electron chi connectivity index (χ3n) is 3.46. The number of aliphatic carboxylic acids is 1. The highest BCUT2D eigenvalue weighted by Crippen LogP contribution is 2.31. The molecule has 0 radical (unpaired) electrons. The molecule has 1 amide bonds. The fourth-order valence-corrected chi connectivity index (χ4v) is 2.24. The molecule has 0 aliphatic carbocycles. The number of hydrogen-bond donors (Lipinski definition) is 2. The highest BCUT2D eigenvalue weighted by molar-refractivity contribution is 5.82. The number of ether oxygens (including phenoxy) is 3. The fourth-order valence-electron chi connectivity index (χ4n) is 2.24. The Labute approximate surface area is 135 Å². The second-order valence-electron chi connectivity index (χ2n) is 4.90. The highest BCUT2D eigenvalue weighted by atomic mass is 16.5. The van der Waals surface area contributed by atoms with Gasteiger partial charge >= 0.3 is 5.97 Å². The zero-order valence-electron chi connectivity index (χ0n) is 13.8. The van der Waals surface area contributed by atoms with Gasteiger partial charge in [0.2, 0.25) is 5.91 Å². The number of hydrogen-bond acceptors (Lipinski definition) is 5. The molecule has 0 aliphatic heterocycles. The van der Waals surface area contributed by atoms with Crippen LogP contribution in [0.25, 0.3) is 0 Å². The van der Waals surface area contributed by atoms with Gasteiger partial charge < -0.3 is 24.6 Å². The van der Waals surface area contributed by atoms with E-state index in [2.05, 4.69) is 5.32 Å². The third-order valence-corrected chi connectivity index (χ3v) is 3.46. The molecule has 0 aromatic heterocycles. The summed E-state index contributed by atoms with van der Waals surface area (Å²) in [5, 5.41) is 11.8. The monoisotopic (exact) mass is 325 g/mol. The van der Waals surface area contributed by atoms with Crippen LogP contribution in [0.5, 0.6) is 11.5 Å². The van der Waals surface area contributed by atoms with E-state index in [1.54, 1.807) is 18.2 Å². The minimum atomic E-state index is -1.03. The van der Waals surface area contributed by atoms with E-state index in [0.717, 1.165) is 0 Å². The lowest BCUT2D eigenvalue weighted by Gasteiger charge is -2.22. The number of carboxylic acid groups (broad SMARTS) is 1. The number of carbonyl (C=O) groups is 2. The average Bonchev–Trinajstić information content (AvgIpc) is 2.54. The molecular weight excluding hydrogens is 302 g/mol. The van der Waals surface area contributed by atoms with Crippen LogP contribution < -0.4 is 14.8 Å². The number of nitrogens with one attached hydrogen (secondary N) is 1. The Balaban J connectivity index is 3.11. The maximum absolute atomic E-state index is 12.2. The largest absolute Gasteiger partial charge is 0.497 e. The molecule has 2 unspecified atom stereocenters. The van der Waals surface area contributed by atoms with Crippen LogP contribution >= 0.6 is 0 Å². The molecule has 1 aromatic carbocycles. The Hall–Kier alpha value is -2.28. The van der Waals surface area contributed by atoms with E-state index in [-0.39, 0.29) is 12.3 Å². The Morgan fingerprint density at radius 2 is 1.91 bits per heavy atom. The number of amides is 1. The van der Waals surface area contributed by atoms with E-state index in [9.17, 15) is 9.59 Å². The first kappa shape index (κ1) is 18.8. The summed E-state index contributed by atoms with van der Waals surface area (Å²) in [4.78, 5) is 23.3. The third kappa shape index (κ3) is 5.14. The van der Waals surface area contributed by atoms with Crippen molar-refractivity contribution in [3.05, 3.63) is 23.8 Å². The zero-order chi connectivity index (χ0) is 17.4. The summed E-state index contributed by atoms with van der Waals surface area (Å²) in [5.74, 6) is -0.367. The molecule has 7 heteroatoms.